The van der Waals surface area contributed by atoms with Crippen molar-refractivity contribution in [2.75, 3.05) is 6.61 Å². The Morgan fingerprint density at radius 2 is 2.16 bits per heavy atom. The highest BCUT2D eigenvalue weighted by Crippen LogP contribution is 2.24. The molecule has 0 saturated heterocycles. The SMILES string of the molecule is CCC(C)(CCO)NS(=O)(=O)c1cc(C(=O)O)cs1. The number of carboxylic acids is 1. The first kappa shape index (κ1) is 16.1. The second-order valence-corrected chi connectivity index (χ2v) is 7.27. The van der Waals surface area contributed by atoms with E-state index in [9.17, 15) is 13.2 Å². The number of sulfonamides is 1. The second kappa shape index (κ2) is 6.00. The van der Waals surface area contributed by atoms with Crippen LogP contribution in [0.1, 0.15) is 37.0 Å². The Bertz CT molecular complexity index is 551. The zero-order chi connectivity index (χ0) is 14.7. The molecule has 1 heterocycles. The van der Waals surface area contributed by atoms with Crippen LogP contribution in [0.2, 0.25) is 0 Å². The molecule has 6 nitrogen and oxygen atoms in total. The van der Waals surface area contributed by atoms with Crippen molar-refractivity contribution in [3.63, 3.8) is 0 Å². The molecule has 0 spiro atoms. The number of carbonyl (C=O) groups is 1. The van der Waals surface area contributed by atoms with Crippen molar-refractivity contribution >= 4 is 27.3 Å². The lowest BCUT2D eigenvalue weighted by Crippen LogP contribution is -2.45. The lowest BCUT2D eigenvalue weighted by molar-refractivity contribution is 0.0697. The van der Waals surface area contributed by atoms with Crippen molar-refractivity contribution in [1.82, 2.24) is 4.72 Å². The summed E-state index contributed by atoms with van der Waals surface area (Å²) in [6.07, 6.45) is 0.809. The van der Waals surface area contributed by atoms with Crippen molar-refractivity contribution in [3.8, 4) is 0 Å². The van der Waals surface area contributed by atoms with E-state index in [1.165, 1.54) is 5.38 Å². The van der Waals surface area contributed by atoms with Gasteiger partial charge in [0.25, 0.3) is 10.0 Å². The molecule has 0 fully saturated rings. The Morgan fingerprint density at radius 1 is 1.53 bits per heavy atom. The molecule has 1 unspecified atom stereocenters. The van der Waals surface area contributed by atoms with Crippen LogP contribution in [-0.4, -0.2) is 36.7 Å². The Balaban J connectivity index is 3.00. The van der Waals surface area contributed by atoms with E-state index < -0.39 is 21.5 Å². The van der Waals surface area contributed by atoms with E-state index in [-0.39, 0.29) is 16.4 Å². The highest BCUT2D eigenvalue weighted by Gasteiger charge is 2.29. The first-order valence-corrected chi connectivity index (χ1v) is 8.07. The van der Waals surface area contributed by atoms with Gasteiger partial charge in [-0.15, -0.1) is 11.3 Å². The molecule has 0 aliphatic heterocycles. The summed E-state index contributed by atoms with van der Waals surface area (Å²) in [4.78, 5) is 10.7. The maximum Gasteiger partial charge on any atom is 0.336 e. The van der Waals surface area contributed by atoms with Crippen LogP contribution in [0, 0.1) is 0 Å². The average Bonchev–Trinajstić information content (AvgIpc) is 2.78. The van der Waals surface area contributed by atoms with Crippen molar-refractivity contribution in [2.24, 2.45) is 0 Å². The molecule has 0 amide bonds. The zero-order valence-corrected chi connectivity index (χ0v) is 12.3. The van der Waals surface area contributed by atoms with E-state index >= 15 is 0 Å². The third kappa shape index (κ3) is 4.00. The highest BCUT2D eigenvalue weighted by molar-refractivity contribution is 7.91. The topological polar surface area (TPSA) is 104 Å². The molecule has 108 valence electrons. The highest BCUT2D eigenvalue weighted by atomic mass is 32.2. The van der Waals surface area contributed by atoms with Crippen LogP contribution < -0.4 is 4.72 Å². The summed E-state index contributed by atoms with van der Waals surface area (Å²) in [5, 5.41) is 19.0. The molecule has 0 bridgehead atoms. The number of aliphatic hydroxyl groups excluding tert-OH is 1. The van der Waals surface area contributed by atoms with Crippen molar-refractivity contribution in [2.45, 2.75) is 36.4 Å². The standard InChI is InChI=1S/C11H17NO5S2/c1-3-11(2,4-5-13)12-19(16,17)9-6-8(7-18-9)10(14)15/h6-7,12-13H,3-5H2,1-2H3,(H,14,15). The second-order valence-electron chi connectivity index (χ2n) is 4.45. The number of nitrogens with one attached hydrogen (secondary N) is 1. The molecule has 0 aliphatic rings. The molecule has 1 atom stereocenters. The molecule has 8 heteroatoms. The maximum atomic E-state index is 12.1. The molecule has 1 rings (SSSR count). The van der Waals surface area contributed by atoms with Gasteiger partial charge < -0.3 is 10.2 Å². The van der Waals surface area contributed by atoms with Crippen molar-refractivity contribution in [1.29, 1.82) is 0 Å². The van der Waals surface area contributed by atoms with Gasteiger partial charge in [-0.3, -0.25) is 0 Å². The number of rotatable bonds is 7. The number of hydrogen-bond acceptors (Lipinski definition) is 5. The summed E-state index contributed by atoms with van der Waals surface area (Å²) in [7, 11) is -3.77. The normalized spacial score (nSPS) is 15.1. The van der Waals surface area contributed by atoms with Crippen LogP contribution >= 0.6 is 11.3 Å². The van der Waals surface area contributed by atoms with Gasteiger partial charge in [0.1, 0.15) is 4.21 Å². The van der Waals surface area contributed by atoms with Gasteiger partial charge in [0.2, 0.25) is 0 Å². The number of thiophene rings is 1. The van der Waals surface area contributed by atoms with Gasteiger partial charge >= 0.3 is 5.97 Å². The molecule has 3 N–H and O–H groups in total. The van der Waals surface area contributed by atoms with Crippen molar-refractivity contribution in [3.05, 3.63) is 17.0 Å². The number of hydrogen-bond donors (Lipinski definition) is 3. The van der Waals surface area contributed by atoms with Gasteiger partial charge in [-0.1, -0.05) is 6.92 Å². The van der Waals surface area contributed by atoms with E-state index in [0.29, 0.717) is 12.8 Å². The molecule has 0 aliphatic carbocycles. The number of aliphatic hydroxyl groups is 1. The van der Waals surface area contributed by atoms with Gasteiger partial charge in [0.05, 0.1) is 5.56 Å². The van der Waals surface area contributed by atoms with Crippen LogP contribution in [0.5, 0.6) is 0 Å². The van der Waals surface area contributed by atoms with Crippen LogP contribution in [0.25, 0.3) is 0 Å². The summed E-state index contributed by atoms with van der Waals surface area (Å²) in [5.41, 5.74) is -0.799. The molecule has 1 aromatic heterocycles. The first-order chi connectivity index (χ1) is 8.74. The van der Waals surface area contributed by atoms with Gasteiger partial charge in [-0.05, 0) is 25.8 Å². The van der Waals surface area contributed by atoms with Gasteiger partial charge in [-0.25, -0.2) is 17.9 Å². The fourth-order valence-electron chi connectivity index (χ4n) is 1.49. The summed E-state index contributed by atoms with van der Waals surface area (Å²) < 4.78 is 26.8. The minimum absolute atomic E-state index is 0.0393. The number of carboxylic acid groups (broad SMARTS) is 1. The molecular formula is C11H17NO5S2. The maximum absolute atomic E-state index is 12.1. The minimum Gasteiger partial charge on any atom is -0.478 e. The van der Waals surface area contributed by atoms with E-state index in [2.05, 4.69) is 4.72 Å². The summed E-state index contributed by atoms with van der Waals surface area (Å²) in [6, 6.07) is 1.13. The quantitative estimate of drug-likeness (QED) is 0.704. The smallest absolute Gasteiger partial charge is 0.336 e. The van der Waals surface area contributed by atoms with E-state index in [1.54, 1.807) is 6.92 Å². The van der Waals surface area contributed by atoms with Crippen LogP contribution in [0.4, 0.5) is 0 Å². The van der Waals surface area contributed by atoms with Crippen LogP contribution in [0.3, 0.4) is 0 Å². The molecular weight excluding hydrogens is 290 g/mol. The molecule has 0 radical (unpaired) electrons. The largest absolute Gasteiger partial charge is 0.478 e. The van der Waals surface area contributed by atoms with Crippen molar-refractivity contribution < 1.29 is 23.4 Å². The zero-order valence-electron chi connectivity index (χ0n) is 10.7. The molecule has 1 aromatic rings. The summed E-state index contributed by atoms with van der Waals surface area (Å²) in [5.74, 6) is -1.16. The molecule has 0 saturated carbocycles. The molecule has 0 aromatic carbocycles. The Labute approximate surface area is 116 Å². The Morgan fingerprint density at radius 3 is 2.58 bits per heavy atom. The van der Waals surface area contributed by atoms with Gasteiger partial charge in [0.15, 0.2) is 0 Å². The van der Waals surface area contributed by atoms with Crippen LogP contribution in [0.15, 0.2) is 15.7 Å². The summed E-state index contributed by atoms with van der Waals surface area (Å²) >= 11 is 0.860. The first-order valence-electron chi connectivity index (χ1n) is 5.71. The molecule has 19 heavy (non-hydrogen) atoms. The lowest BCUT2D eigenvalue weighted by Gasteiger charge is -2.28. The van der Waals surface area contributed by atoms with E-state index in [4.69, 9.17) is 10.2 Å². The lowest BCUT2D eigenvalue weighted by atomic mass is 9.97. The van der Waals surface area contributed by atoms with Gasteiger partial charge in [-0.2, -0.15) is 0 Å². The van der Waals surface area contributed by atoms with Crippen LogP contribution in [-0.2, 0) is 10.0 Å². The average molecular weight is 307 g/mol. The Hall–Kier alpha value is -0.960. The fraction of sp³-hybridized carbons (Fsp3) is 0.545. The number of aromatic carboxylic acids is 1. The predicted octanol–water partition coefficient (Wildman–Crippen LogP) is 1.28. The third-order valence-electron chi connectivity index (χ3n) is 2.91. The monoisotopic (exact) mass is 307 g/mol. The Kier molecular flexibility index (Phi) is 5.08. The van der Waals surface area contributed by atoms with E-state index in [0.717, 1.165) is 17.4 Å². The minimum atomic E-state index is -3.77. The predicted molar refractivity (Wildman–Crippen MR) is 72.0 cm³/mol. The van der Waals surface area contributed by atoms with Gasteiger partial charge in [0, 0.05) is 17.5 Å². The summed E-state index contributed by atoms with van der Waals surface area (Å²) in [6.45, 7) is 3.39. The fourth-order valence-corrected chi connectivity index (χ4v) is 4.15. The third-order valence-corrected chi connectivity index (χ3v) is 5.99. The van der Waals surface area contributed by atoms with E-state index in [1.807, 2.05) is 6.92 Å².